The van der Waals surface area contributed by atoms with Gasteiger partial charge in [-0.25, -0.2) is 14.5 Å². The number of hydrogen-bond acceptors (Lipinski definition) is 5. The Morgan fingerprint density at radius 1 is 1.17 bits per heavy atom. The molecular formula is C17H20N4O3. The summed E-state index contributed by atoms with van der Waals surface area (Å²) < 4.78 is 6.54. The van der Waals surface area contributed by atoms with Gasteiger partial charge in [0.15, 0.2) is 0 Å². The van der Waals surface area contributed by atoms with E-state index in [-0.39, 0.29) is 11.9 Å². The SMILES string of the molecule is COC(=O)C1(NC(=O)c2ccc(-n3cncn3)cc2)CCCCC1. The number of hydrogen-bond donors (Lipinski definition) is 1. The van der Waals surface area contributed by atoms with Gasteiger partial charge in [-0.15, -0.1) is 0 Å². The van der Waals surface area contributed by atoms with Gasteiger partial charge in [-0.05, 0) is 37.1 Å². The average Bonchev–Trinajstić information content (AvgIpc) is 3.16. The zero-order chi connectivity index (χ0) is 17.0. The highest BCUT2D eigenvalue weighted by Crippen LogP contribution is 2.29. The molecule has 1 fully saturated rings. The van der Waals surface area contributed by atoms with Crippen molar-refractivity contribution in [2.75, 3.05) is 7.11 Å². The van der Waals surface area contributed by atoms with Gasteiger partial charge >= 0.3 is 5.97 Å². The zero-order valence-electron chi connectivity index (χ0n) is 13.6. The molecule has 0 spiro atoms. The maximum Gasteiger partial charge on any atom is 0.331 e. The Labute approximate surface area is 140 Å². The number of esters is 1. The summed E-state index contributed by atoms with van der Waals surface area (Å²) in [7, 11) is 1.36. The molecule has 2 aromatic rings. The minimum absolute atomic E-state index is 0.271. The molecular weight excluding hydrogens is 308 g/mol. The summed E-state index contributed by atoms with van der Waals surface area (Å²) in [5.74, 6) is -0.637. The van der Waals surface area contributed by atoms with E-state index < -0.39 is 5.54 Å². The van der Waals surface area contributed by atoms with Gasteiger partial charge < -0.3 is 10.1 Å². The lowest BCUT2D eigenvalue weighted by Crippen LogP contribution is -2.56. The second-order valence-corrected chi connectivity index (χ2v) is 5.98. The molecule has 1 heterocycles. The van der Waals surface area contributed by atoms with Crippen LogP contribution >= 0.6 is 0 Å². The number of aromatic nitrogens is 3. The van der Waals surface area contributed by atoms with Gasteiger partial charge in [0.2, 0.25) is 0 Å². The molecule has 0 saturated heterocycles. The fourth-order valence-electron chi connectivity index (χ4n) is 3.13. The minimum Gasteiger partial charge on any atom is -0.467 e. The highest BCUT2D eigenvalue weighted by molar-refractivity contribution is 5.98. The van der Waals surface area contributed by atoms with Gasteiger partial charge in [0.25, 0.3) is 5.91 Å². The van der Waals surface area contributed by atoms with Crippen LogP contribution in [0.3, 0.4) is 0 Å². The Balaban J connectivity index is 1.76. The minimum atomic E-state index is -0.908. The Morgan fingerprint density at radius 2 is 1.88 bits per heavy atom. The Morgan fingerprint density at radius 3 is 2.46 bits per heavy atom. The molecule has 0 radical (unpaired) electrons. The van der Waals surface area contributed by atoms with Crippen molar-refractivity contribution >= 4 is 11.9 Å². The van der Waals surface area contributed by atoms with Crippen molar-refractivity contribution < 1.29 is 14.3 Å². The van der Waals surface area contributed by atoms with Crippen LogP contribution in [0.25, 0.3) is 5.69 Å². The second-order valence-electron chi connectivity index (χ2n) is 5.98. The van der Waals surface area contributed by atoms with Gasteiger partial charge in [0, 0.05) is 5.56 Å². The number of rotatable bonds is 4. The van der Waals surface area contributed by atoms with E-state index in [4.69, 9.17) is 4.74 Å². The number of nitrogens with zero attached hydrogens (tertiary/aromatic N) is 3. The van der Waals surface area contributed by atoms with Crippen LogP contribution in [0.2, 0.25) is 0 Å². The van der Waals surface area contributed by atoms with Crippen molar-refractivity contribution in [3.8, 4) is 5.69 Å². The van der Waals surface area contributed by atoms with Crippen molar-refractivity contribution in [2.24, 2.45) is 0 Å². The topological polar surface area (TPSA) is 86.1 Å². The third kappa shape index (κ3) is 3.15. The molecule has 0 atom stereocenters. The van der Waals surface area contributed by atoms with Gasteiger partial charge in [-0.2, -0.15) is 5.10 Å². The largest absolute Gasteiger partial charge is 0.467 e. The molecule has 1 N–H and O–H groups in total. The summed E-state index contributed by atoms with van der Waals surface area (Å²) >= 11 is 0. The van der Waals surface area contributed by atoms with Crippen LogP contribution in [-0.2, 0) is 9.53 Å². The highest BCUT2D eigenvalue weighted by Gasteiger charge is 2.42. The van der Waals surface area contributed by atoms with E-state index >= 15 is 0 Å². The molecule has 0 bridgehead atoms. The molecule has 7 nitrogen and oxygen atoms in total. The maximum atomic E-state index is 12.6. The van der Waals surface area contributed by atoms with Crippen LogP contribution in [0.5, 0.6) is 0 Å². The second kappa shape index (κ2) is 6.82. The summed E-state index contributed by atoms with van der Waals surface area (Å²) in [4.78, 5) is 28.7. The van der Waals surface area contributed by atoms with Crippen molar-refractivity contribution in [1.82, 2.24) is 20.1 Å². The number of amides is 1. The van der Waals surface area contributed by atoms with Crippen LogP contribution < -0.4 is 5.32 Å². The molecule has 24 heavy (non-hydrogen) atoms. The van der Waals surface area contributed by atoms with Crippen LogP contribution in [0, 0.1) is 0 Å². The normalized spacial score (nSPS) is 16.4. The van der Waals surface area contributed by atoms with Gasteiger partial charge in [-0.1, -0.05) is 19.3 Å². The molecule has 3 rings (SSSR count). The molecule has 7 heteroatoms. The van der Waals surface area contributed by atoms with Gasteiger partial charge in [-0.3, -0.25) is 4.79 Å². The van der Waals surface area contributed by atoms with Crippen LogP contribution in [0.15, 0.2) is 36.9 Å². The standard InChI is InChI=1S/C17H20N4O3/c1-24-16(23)17(9-3-2-4-10-17)20-15(22)13-5-7-14(8-6-13)21-12-18-11-19-21/h5-8,11-12H,2-4,9-10H2,1H3,(H,20,22). The van der Waals surface area contributed by atoms with Crippen LogP contribution in [0.4, 0.5) is 0 Å². The number of carbonyl (C=O) groups excluding carboxylic acids is 2. The van der Waals surface area contributed by atoms with E-state index in [2.05, 4.69) is 15.4 Å². The summed E-state index contributed by atoms with van der Waals surface area (Å²) in [6.07, 6.45) is 7.14. The van der Waals surface area contributed by atoms with E-state index in [0.717, 1.165) is 24.9 Å². The molecule has 1 aromatic heterocycles. The molecule has 1 saturated carbocycles. The summed E-state index contributed by atoms with van der Waals surface area (Å²) in [5, 5.41) is 6.95. The highest BCUT2D eigenvalue weighted by atomic mass is 16.5. The van der Waals surface area contributed by atoms with E-state index in [0.29, 0.717) is 18.4 Å². The number of methoxy groups -OCH3 is 1. The number of benzene rings is 1. The van der Waals surface area contributed by atoms with Crippen molar-refractivity contribution in [2.45, 2.75) is 37.6 Å². The van der Waals surface area contributed by atoms with E-state index in [1.807, 2.05) is 0 Å². The first-order chi connectivity index (χ1) is 11.6. The number of ether oxygens (including phenoxy) is 1. The smallest absolute Gasteiger partial charge is 0.331 e. The summed E-state index contributed by atoms with van der Waals surface area (Å²) in [6, 6.07) is 6.99. The summed E-state index contributed by atoms with van der Waals surface area (Å²) in [5.41, 5.74) is 0.395. The molecule has 126 valence electrons. The predicted octanol–water partition coefficient (Wildman–Crippen LogP) is 1.87. The third-order valence-corrected chi connectivity index (χ3v) is 4.45. The Bertz CT molecular complexity index is 704. The van der Waals surface area contributed by atoms with Crippen molar-refractivity contribution in [3.63, 3.8) is 0 Å². The average molecular weight is 328 g/mol. The first-order valence-corrected chi connectivity index (χ1v) is 8.01. The van der Waals surface area contributed by atoms with E-state index in [1.54, 1.807) is 35.3 Å². The monoisotopic (exact) mass is 328 g/mol. The lowest BCUT2D eigenvalue weighted by Gasteiger charge is -2.35. The van der Waals surface area contributed by atoms with Crippen LogP contribution in [-0.4, -0.2) is 39.3 Å². The molecule has 0 aliphatic heterocycles. The lowest BCUT2D eigenvalue weighted by atomic mass is 9.81. The van der Waals surface area contributed by atoms with E-state index in [9.17, 15) is 9.59 Å². The molecule has 1 aliphatic rings. The maximum absolute atomic E-state index is 12.6. The fourth-order valence-corrected chi connectivity index (χ4v) is 3.13. The predicted molar refractivity (Wildman–Crippen MR) is 86.7 cm³/mol. The fraction of sp³-hybridized carbons (Fsp3) is 0.412. The molecule has 1 aromatic carbocycles. The quantitative estimate of drug-likeness (QED) is 0.866. The van der Waals surface area contributed by atoms with Gasteiger partial charge in [0.05, 0.1) is 12.8 Å². The molecule has 0 unspecified atom stereocenters. The first-order valence-electron chi connectivity index (χ1n) is 8.01. The first kappa shape index (κ1) is 16.2. The molecule has 1 amide bonds. The van der Waals surface area contributed by atoms with Crippen molar-refractivity contribution in [1.29, 1.82) is 0 Å². The Kier molecular flexibility index (Phi) is 4.59. The van der Waals surface area contributed by atoms with E-state index in [1.165, 1.54) is 13.4 Å². The third-order valence-electron chi connectivity index (χ3n) is 4.45. The lowest BCUT2D eigenvalue weighted by molar-refractivity contribution is -0.149. The van der Waals surface area contributed by atoms with Crippen LogP contribution in [0.1, 0.15) is 42.5 Å². The Hall–Kier alpha value is -2.70. The summed E-state index contributed by atoms with van der Waals surface area (Å²) in [6.45, 7) is 0. The van der Waals surface area contributed by atoms with Crippen molar-refractivity contribution in [3.05, 3.63) is 42.5 Å². The number of carbonyl (C=O) groups is 2. The molecule has 1 aliphatic carbocycles. The zero-order valence-corrected chi connectivity index (χ0v) is 13.6. The van der Waals surface area contributed by atoms with Gasteiger partial charge in [0.1, 0.15) is 18.2 Å². The number of nitrogens with one attached hydrogen (secondary N) is 1.